The largest absolute Gasteiger partial charge is 0.337 e. The summed E-state index contributed by atoms with van der Waals surface area (Å²) in [4.78, 5) is 4.10. The van der Waals surface area contributed by atoms with E-state index in [-0.39, 0.29) is 36.4 Å². The molecule has 21 heavy (non-hydrogen) atoms. The van der Waals surface area contributed by atoms with Crippen LogP contribution in [0.15, 0.2) is 22.7 Å². The highest BCUT2D eigenvalue weighted by molar-refractivity contribution is 5.85. The predicted molar refractivity (Wildman–Crippen MR) is 72.0 cm³/mol. The zero-order valence-electron chi connectivity index (χ0n) is 11.1. The van der Waals surface area contributed by atoms with Gasteiger partial charge in [-0.15, -0.1) is 12.4 Å². The lowest BCUT2D eigenvalue weighted by Gasteiger charge is -2.04. The first kappa shape index (κ1) is 15.8. The Kier molecular flexibility index (Phi) is 4.25. The first-order chi connectivity index (χ1) is 9.44. The van der Waals surface area contributed by atoms with E-state index in [1.54, 1.807) is 13.0 Å². The quantitative estimate of drug-likeness (QED) is 0.923. The average molecular weight is 320 g/mol. The van der Waals surface area contributed by atoms with Crippen molar-refractivity contribution in [3.63, 3.8) is 0 Å². The maximum atomic E-state index is 13.2. The lowest BCUT2D eigenvalue weighted by molar-refractivity contribution is 0.0200. The van der Waals surface area contributed by atoms with E-state index in [4.69, 9.17) is 4.52 Å². The van der Waals surface area contributed by atoms with Crippen molar-refractivity contribution in [2.24, 2.45) is 0 Å². The molecule has 1 aliphatic heterocycles. The second-order valence-electron chi connectivity index (χ2n) is 4.91. The van der Waals surface area contributed by atoms with Crippen LogP contribution in [0.2, 0.25) is 0 Å². The number of hydrogen-bond donors (Lipinski definition) is 1. The summed E-state index contributed by atoms with van der Waals surface area (Å²) >= 11 is 0. The van der Waals surface area contributed by atoms with Crippen molar-refractivity contribution in [3.8, 4) is 11.4 Å². The highest BCUT2D eigenvalue weighted by atomic mass is 35.5. The Bertz CT molecular complexity index is 647. The molecule has 1 aromatic carbocycles. The summed E-state index contributed by atoms with van der Waals surface area (Å²) in [5.41, 5.74) is 1.04. The minimum Gasteiger partial charge on any atom is -0.337 e. The Morgan fingerprint density at radius 3 is 2.76 bits per heavy atom. The number of nitrogens with one attached hydrogen (secondary N) is 1. The molecule has 1 unspecified atom stereocenters. The molecule has 0 bridgehead atoms. The Balaban J connectivity index is 0.00000161. The van der Waals surface area contributed by atoms with Crippen molar-refractivity contribution in [3.05, 3.63) is 35.5 Å². The van der Waals surface area contributed by atoms with Gasteiger partial charge in [0, 0.05) is 12.0 Å². The first-order valence-electron chi connectivity index (χ1n) is 6.16. The number of nitrogens with zero attached hydrogens (tertiary/aromatic N) is 2. The highest BCUT2D eigenvalue weighted by Crippen LogP contribution is 2.33. The molecule has 1 atom stereocenters. The molecular weight excluding hydrogens is 307 g/mol. The van der Waals surface area contributed by atoms with Crippen LogP contribution in [0.1, 0.15) is 23.9 Å². The third-order valence-corrected chi connectivity index (χ3v) is 3.27. The maximum absolute atomic E-state index is 13.2. The van der Waals surface area contributed by atoms with Crippen LogP contribution in [0.25, 0.3) is 11.4 Å². The van der Waals surface area contributed by atoms with Crippen LogP contribution >= 0.6 is 12.4 Å². The molecule has 1 fully saturated rings. The Morgan fingerprint density at radius 1 is 1.38 bits per heavy atom. The molecule has 0 radical (unpaired) electrons. The second kappa shape index (κ2) is 5.65. The highest BCUT2D eigenvalue weighted by Gasteiger charge is 2.42. The van der Waals surface area contributed by atoms with E-state index in [0.29, 0.717) is 11.1 Å². The van der Waals surface area contributed by atoms with Crippen molar-refractivity contribution in [1.29, 1.82) is 0 Å². The number of hydrogen-bond acceptors (Lipinski definition) is 4. The minimum atomic E-state index is -2.76. The molecule has 0 saturated carbocycles. The van der Waals surface area contributed by atoms with Crippen LogP contribution in [0.3, 0.4) is 0 Å². The standard InChI is InChI=1S/C13H12F3N3O.ClH/c1-7-4-8(2-3-9(7)14)11-18-12(20-19-11)10-5-13(15,16)6-17-10;/h2-4,10,17H,5-6H2,1H3;1H. The van der Waals surface area contributed by atoms with Gasteiger partial charge in [0.1, 0.15) is 5.82 Å². The van der Waals surface area contributed by atoms with Gasteiger partial charge in [-0.25, -0.2) is 13.2 Å². The maximum Gasteiger partial charge on any atom is 0.262 e. The molecular formula is C13H13ClF3N3O. The van der Waals surface area contributed by atoms with Gasteiger partial charge in [0.2, 0.25) is 11.7 Å². The topological polar surface area (TPSA) is 51.0 Å². The first-order valence-corrected chi connectivity index (χ1v) is 6.16. The van der Waals surface area contributed by atoms with E-state index in [1.807, 2.05) is 0 Å². The van der Waals surface area contributed by atoms with Gasteiger partial charge < -0.3 is 4.52 Å². The van der Waals surface area contributed by atoms with Gasteiger partial charge in [0.25, 0.3) is 5.92 Å². The molecule has 1 aliphatic rings. The summed E-state index contributed by atoms with van der Waals surface area (Å²) in [6, 6.07) is 3.77. The summed E-state index contributed by atoms with van der Waals surface area (Å²) in [7, 11) is 0. The molecule has 2 aromatic rings. The summed E-state index contributed by atoms with van der Waals surface area (Å²) in [6.45, 7) is 1.23. The molecule has 0 amide bonds. The molecule has 0 aliphatic carbocycles. The Hall–Kier alpha value is -1.60. The summed E-state index contributed by atoms with van der Waals surface area (Å²) in [5, 5.41) is 6.40. The van der Waals surface area contributed by atoms with Crippen LogP contribution in [0, 0.1) is 12.7 Å². The van der Waals surface area contributed by atoms with Crippen molar-refractivity contribution < 1.29 is 17.7 Å². The zero-order valence-corrected chi connectivity index (χ0v) is 11.9. The van der Waals surface area contributed by atoms with Gasteiger partial charge in [-0.05, 0) is 30.7 Å². The fourth-order valence-corrected chi connectivity index (χ4v) is 2.17. The third kappa shape index (κ3) is 3.19. The van der Waals surface area contributed by atoms with Crippen LogP contribution in [0.5, 0.6) is 0 Å². The summed E-state index contributed by atoms with van der Waals surface area (Å²) < 4.78 is 44.4. The molecule has 1 aromatic heterocycles. The summed E-state index contributed by atoms with van der Waals surface area (Å²) in [6.07, 6.45) is -0.364. The van der Waals surface area contributed by atoms with Crippen molar-refractivity contribution >= 4 is 12.4 Å². The lowest BCUT2D eigenvalue weighted by Crippen LogP contribution is -2.19. The number of alkyl halides is 2. The molecule has 8 heteroatoms. The second-order valence-corrected chi connectivity index (χ2v) is 4.91. The molecule has 4 nitrogen and oxygen atoms in total. The molecule has 3 rings (SSSR count). The van der Waals surface area contributed by atoms with E-state index >= 15 is 0 Å². The van der Waals surface area contributed by atoms with E-state index in [2.05, 4.69) is 15.5 Å². The van der Waals surface area contributed by atoms with E-state index in [1.165, 1.54) is 12.1 Å². The van der Waals surface area contributed by atoms with Gasteiger partial charge in [0.05, 0.1) is 12.6 Å². The smallest absolute Gasteiger partial charge is 0.262 e. The lowest BCUT2D eigenvalue weighted by atomic mass is 10.1. The molecule has 114 valence electrons. The van der Waals surface area contributed by atoms with E-state index < -0.39 is 18.5 Å². The molecule has 0 spiro atoms. The Morgan fingerprint density at radius 2 is 2.14 bits per heavy atom. The van der Waals surface area contributed by atoms with Gasteiger partial charge in [0.15, 0.2) is 0 Å². The normalized spacial score (nSPS) is 20.3. The molecule has 1 N–H and O–H groups in total. The zero-order chi connectivity index (χ0) is 14.3. The fourth-order valence-electron chi connectivity index (χ4n) is 2.17. The monoisotopic (exact) mass is 319 g/mol. The fraction of sp³-hybridized carbons (Fsp3) is 0.385. The average Bonchev–Trinajstić information content (AvgIpc) is 2.99. The number of rotatable bonds is 2. The van der Waals surface area contributed by atoms with Crippen LogP contribution in [-0.4, -0.2) is 22.6 Å². The van der Waals surface area contributed by atoms with E-state index in [0.717, 1.165) is 0 Å². The van der Waals surface area contributed by atoms with Crippen molar-refractivity contribution in [1.82, 2.24) is 15.5 Å². The number of aryl methyl sites for hydroxylation is 1. The van der Waals surface area contributed by atoms with Gasteiger partial charge in [-0.2, -0.15) is 4.98 Å². The van der Waals surface area contributed by atoms with Crippen molar-refractivity contribution in [2.45, 2.75) is 25.3 Å². The van der Waals surface area contributed by atoms with Crippen LogP contribution < -0.4 is 5.32 Å². The van der Waals surface area contributed by atoms with Crippen molar-refractivity contribution in [2.75, 3.05) is 6.54 Å². The molecule has 1 saturated heterocycles. The minimum absolute atomic E-state index is 0. The van der Waals surface area contributed by atoms with Gasteiger partial charge in [-0.1, -0.05) is 5.16 Å². The number of halogens is 4. The van der Waals surface area contributed by atoms with Gasteiger partial charge >= 0.3 is 0 Å². The number of benzene rings is 1. The Labute approximate surface area is 125 Å². The van der Waals surface area contributed by atoms with Crippen LogP contribution in [-0.2, 0) is 0 Å². The number of aromatic nitrogens is 2. The van der Waals surface area contributed by atoms with E-state index in [9.17, 15) is 13.2 Å². The third-order valence-electron chi connectivity index (χ3n) is 3.27. The van der Waals surface area contributed by atoms with Gasteiger partial charge in [-0.3, -0.25) is 5.32 Å². The van der Waals surface area contributed by atoms with Crippen LogP contribution in [0.4, 0.5) is 13.2 Å². The summed E-state index contributed by atoms with van der Waals surface area (Å²) in [5.74, 6) is -2.69. The molecule has 2 heterocycles. The predicted octanol–water partition coefficient (Wildman–Crippen LogP) is 3.28. The SMILES string of the molecule is Cc1cc(-c2noc(C3CC(F)(F)CN3)n2)ccc1F.Cl.